The first-order valence-electron chi connectivity index (χ1n) is 4.37. The molecule has 0 aliphatic heterocycles. The number of sulfone groups is 1. The van der Waals surface area contributed by atoms with E-state index < -0.39 is 9.84 Å². The van der Waals surface area contributed by atoms with Crippen LogP contribution in [-0.4, -0.2) is 14.7 Å². The van der Waals surface area contributed by atoms with Crippen molar-refractivity contribution in [3.63, 3.8) is 0 Å². The zero-order chi connectivity index (χ0) is 9.47. The molecule has 0 atom stereocenters. The highest BCUT2D eigenvalue weighted by Crippen LogP contribution is 2.40. The summed E-state index contributed by atoms with van der Waals surface area (Å²) in [7, 11) is -3.02. The molecule has 0 spiro atoms. The highest BCUT2D eigenvalue weighted by atomic mass is 32.2. The maximum Gasteiger partial charge on any atom is 0.175 e. The lowest BCUT2D eigenvalue weighted by Gasteiger charge is -2.00. The Hall–Kier alpha value is -0.830. The van der Waals surface area contributed by atoms with Gasteiger partial charge >= 0.3 is 0 Å². The molecule has 0 radical (unpaired) electrons. The summed E-state index contributed by atoms with van der Waals surface area (Å²) in [4.78, 5) is 0.414. The van der Waals surface area contributed by atoms with Crippen molar-refractivity contribution >= 4 is 9.84 Å². The van der Waals surface area contributed by atoms with E-state index in [9.17, 15) is 8.42 Å². The van der Waals surface area contributed by atoms with E-state index in [1.165, 1.54) is 24.7 Å². The van der Waals surface area contributed by atoms with Crippen LogP contribution >= 0.6 is 0 Å². The Morgan fingerprint density at radius 3 is 2.08 bits per heavy atom. The molecule has 0 N–H and O–H groups in total. The summed E-state index contributed by atoms with van der Waals surface area (Å²) in [5, 5.41) is 0. The first-order valence-corrected chi connectivity index (χ1v) is 6.26. The van der Waals surface area contributed by atoms with Gasteiger partial charge in [0.05, 0.1) is 4.90 Å². The van der Waals surface area contributed by atoms with Gasteiger partial charge in [0.25, 0.3) is 0 Å². The monoisotopic (exact) mass is 196 g/mol. The fraction of sp³-hybridized carbons (Fsp3) is 0.400. The highest BCUT2D eigenvalue weighted by molar-refractivity contribution is 7.90. The van der Waals surface area contributed by atoms with Gasteiger partial charge < -0.3 is 0 Å². The Balaban J connectivity index is 2.33. The molecule has 2 rings (SSSR count). The summed E-state index contributed by atoms with van der Waals surface area (Å²) in [6.07, 6.45) is 3.73. The molecule has 1 aromatic carbocycles. The molecule has 0 heterocycles. The molecule has 1 fully saturated rings. The van der Waals surface area contributed by atoms with Crippen LogP contribution in [0.4, 0.5) is 0 Å². The van der Waals surface area contributed by atoms with Crippen molar-refractivity contribution in [1.29, 1.82) is 0 Å². The Morgan fingerprint density at radius 1 is 1.15 bits per heavy atom. The summed E-state index contributed by atoms with van der Waals surface area (Å²) >= 11 is 0. The molecule has 0 saturated heterocycles. The Morgan fingerprint density at radius 2 is 1.69 bits per heavy atom. The molecule has 0 aromatic heterocycles. The minimum Gasteiger partial charge on any atom is -0.224 e. The second-order valence-electron chi connectivity index (χ2n) is 3.62. The van der Waals surface area contributed by atoms with E-state index in [-0.39, 0.29) is 0 Å². The molecule has 3 heteroatoms. The molecule has 0 unspecified atom stereocenters. The van der Waals surface area contributed by atoms with Crippen molar-refractivity contribution in [2.24, 2.45) is 0 Å². The fourth-order valence-electron chi connectivity index (χ4n) is 1.40. The van der Waals surface area contributed by atoms with Gasteiger partial charge in [-0.25, -0.2) is 8.42 Å². The predicted octanol–water partition coefficient (Wildman–Crippen LogP) is 1.97. The summed E-state index contributed by atoms with van der Waals surface area (Å²) in [6, 6.07) is 7.24. The average molecular weight is 196 g/mol. The van der Waals surface area contributed by atoms with Crippen LogP contribution < -0.4 is 0 Å². The van der Waals surface area contributed by atoms with Crippen molar-refractivity contribution in [3.8, 4) is 0 Å². The van der Waals surface area contributed by atoms with Crippen LogP contribution in [0.3, 0.4) is 0 Å². The average Bonchev–Trinajstić information content (AvgIpc) is 2.85. The molecule has 1 aliphatic carbocycles. The number of rotatable bonds is 2. The van der Waals surface area contributed by atoms with E-state index >= 15 is 0 Å². The molecule has 0 bridgehead atoms. The second-order valence-corrected chi connectivity index (χ2v) is 5.63. The largest absolute Gasteiger partial charge is 0.224 e. The van der Waals surface area contributed by atoms with Gasteiger partial charge in [-0.2, -0.15) is 0 Å². The minimum atomic E-state index is -3.02. The lowest BCUT2D eigenvalue weighted by molar-refractivity contribution is 0.602. The van der Waals surface area contributed by atoms with Gasteiger partial charge in [-0.15, -0.1) is 0 Å². The van der Waals surface area contributed by atoms with E-state index in [2.05, 4.69) is 0 Å². The van der Waals surface area contributed by atoms with Crippen molar-refractivity contribution in [1.82, 2.24) is 0 Å². The number of benzene rings is 1. The molecule has 13 heavy (non-hydrogen) atoms. The Kier molecular flexibility index (Phi) is 1.91. The van der Waals surface area contributed by atoms with E-state index in [0.29, 0.717) is 10.8 Å². The van der Waals surface area contributed by atoms with Gasteiger partial charge in [-0.3, -0.25) is 0 Å². The summed E-state index contributed by atoms with van der Waals surface area (Å²) < 4.78 is 22.3. The molecule has 2 nitrogen and oxygen atoms in total. The number of hydrogen-bond donors (Lipinski definition) is 0. The quantitative estimate of drug-likeness (QED) is 0.724. The Labute approximate surface area is 78.5 Å². The molecule has 70 valence electrons. The van der Waals surface area contributed by atoms with Gasteiger partial charge in [-0.05, 0) is 36.5 Å². The lowest BCUT2D eigenvalue weighted by Crippen LogP contribution is -1.96. The van der Waals surface area contributed by atoms with Crippen LogP contribution in [0.1, 0.15) is 24.3 Å². The lowest BCUT2D eigenvalue weighted by atomic mass is 10.1. The van der Waals surface area contributed by atoms with Gasteiger partial charge in [0.15, 0.2) is 9.84 Å². The molecular weight excluding hydrogens is 184 g/mol. The molecule has 0 amide bonds. The SMILES string of the molecule is CS(=O)(=O)c1ccc(C2CC2)cc1. The van der Waals surface area contributed by atoms with Crippen molar-refractivity contribution in [3.05, 3.63) is 29.8 Å². The van der Waals surface area contributed by atoms with Gasteiger partial charge in [0, 0.05) is 6.26 Å². The molecule has 1 saturated carbocycles. The van der Waals surface area contributed by atoms with E-state index in [1.807, 2.05) is 12.1 Å². The topological polar surface area (TPSA) is 34.1 Å². The summed E-state index contributed by atoms with van der Waals surface area (Å²) in [6.45, 7) is 0. The number of hydrogen-bond acceptors (Lipinski definition) is 2. The van der Waals surface area contributed by atoms with Crippen LogP contribution in [0, 0.1) is 0 Å². The second kappa shape index (κ2) is 2.84. The first kappa shape index (κ1) is 8.75. The fourth-order valence-corrected chi connectivity index (χ4v) is 2.03. The molecule has 1 aliphatic rings. The van der Waals surface area contributed by atoms with Crippen molar-refractivity contribution < 1.29 is 8.42 Å². The maximum atomic E-state index is 11.1. The minimum absolute atomic E-state index is 0.414. The predicted molar refractivity (Wildman–Crippen MR) is 51.5 cm³/mol. The van der Waals surface area contributed by atoms with E-state index in [1.54, 1.807) is 12.1 Å². The zero-order valence-corrected chi connectivity index (χ0v) is 8.34. The Bertz CT molecular complexity index is 399. The standard InChI is InChI=1S/C10H12O2S/c1-13(11,12)10-6-4-9(5-7-10)8-2-3-8/h4-8H,2-3H2,1H3. The van der Waals surface area contributed by atoms with E-state index in [0.717, 1.165) is 0 Å². The summed E-state index contributed by atoms with van der Waals surface area (Å²) in [5.41, 5.74) is 1.27. The zero-order valence-electron chi connectivity index (χ0n) is 7.53. The van der Waals surface area contributed by atoms with Gasteiger partial charge in [0.2, 0.25) is 0 Å². The smallest absolute Gasteiger partial charge is 0.175 e. The van der Waals surface area contributed by atoms with Crippen LogP contribution in [0.25, 0.3) is 0 Å². The molecule has 1 aromatic rings. The summed E-state index contributed by atoms with van der Waals surface area (Å²) in [5.74, 6) is 0.689. The first-order chi connectivity index (χ1) is 6.07. The maximum absolute atomic E-state index is 11.1. The van der Waals surface area contributed by atoms with Crippen LogP contribution in [-0.2, 0) is 9.84 Å². The van der Waals surface area contributed by atoms with Crippen LogP contribution in [0.5, 0.6) is 0 Å². The third-order valence-corrected chi connectivity index (χ3v) is 3.49. The van der Waals surface area contributed by atoms with Crippen LogP contribution in [0.2, 0.25) is 0 Å². The normalized spacial score (nSPS) is 17.3. The third kappa shape index (κ3) is 1.91. The van der Waals surface area contributed by atoms with Gasteiger partial charge in [-0.1, -0.05) is 12.1 Å². The molecular formula is C10H12O2S. The highest BCUT2D eigenvalue weighted by Gasteiger charge is 2.23. The third-order valence-electron chi connectivity index (χ3n) is 2.36. The van der Waals surface area contributed by atoms with E-state index in [4.69, 9.17) is 0 Å². The van der Waals surface area contributed by atoms with Crippen molar-refractivity contribution in [2.45, 2.75) is 23.7 Å². The van der Waals surface area contributed by atoms with Crippen LogP contribution in [0.15, 0.2) is 29.2 Å². The van der Waals surface area contributed by atoms with Crippen molar-refractivity contribution in [2.75, 3.05) is 6.26 Å². The van der Waals surface area contributed by atoms with Gasteiger partial charge in [0.1, 0.15) is 0 Å².